The Labute approximate surface area is 118 Å². The van der Waals surface area contributed by atoms with Crippen LogP contribution in [-0.4, -0.2) is 13.6 Å². The number of sulfonamides is 1. The van der Waals surface area contributed by atoms with Crippen LogP contribution in [0.2, 0.25) is 0 Å². The molecule has 0 radical (unpaired) electrons. The average Bonchev–Trinajstić information content (AvgIpc) is 2.92. The molecule has 0 aliphatic rings. The SMILES string of the molecule is Cc1nocc1S(=O)(=O)NCc1c(C(F)(F)F)coc1C. The molecule has 0 aliphatic carbocycles. The van der Waals surface area contributed by atoms with Crippen molar-refractivity contribution in [3.63, 3.8) is 0 Å². The van der Waals surface area contributed by atoms with Gasteiger partial charge in [0.05, 0.1) is 5.56 Å². The number of aromatic nitrogens is 1. The van der Waals surface area contributed by atoms with E-state index in [-0.39, 0.29) is 21.9 Å². The van der Waals surface area contributed by atoms with E-state index in [9.17, 15) is 21.6 Å². The molecule has 0 atom stereocenters. The van der Waals surface area contributed by atoms with Crippen LogP contribution < -0.4 is 4.72 Å². The lowest BCUT2D eigenvalue weighted by molar-refractivity contribution is -0.138. The van der Waals surface area contributed by atoms with Crippen LogP contribution in [0.3, 0.4) is 0 Å². The number of alkyl halides is 3. The van der Waals surface area contributed by atoms with Gasteiger partial charge in [0.1, 0.15) is 28.9 Å². The van der Waals surface area contributed by atoms with E-state index in [4.69, 9.17) is 4.42 Å². The van der Waals surface area contributed by atoms with Crippen molar-refractivity contribution in [2.45, 2.75) is 31.5 Å². The lowest BCUT2D eigenvalue weighted by atomic mass is 10.1. The van der Waals surface area contributed by atoms with Crippen molar-refractivity contribution >= 4 is 10.0 Å². The molecule has 0 spiro atoms. The zero-order valence-electron chi connectivity index (χ0n) is 11.0. The van der Waals surface area contributed by atoms with E-state index in [2.05, 4.69) is 14.4 Å². The molecular formula is C11H11F3N2O4S. The molecule has 0 aromatic carbocycles. The van der Waals surface area contributed by atoms with Gasteiger partial charge >= 0.3 is 6.18 Å². The van der Waals surface area contributed by atoms with Crippen molar-refractivity contribution in [2.24, 2.45) is 0 Å². The number of furan rings is 1. The molecule has 10 heteroatoms. The van der Waals surface area contributed by atoms with Gasteiger partial charge in [-0.3, -0.25) is 0 Å². The summed E-state index contributed by atoms with van der Waals surface area (Å²) in [7, 11) is -4.02. The smallest absolute Gasteiger partial charge is 0.419 e. The van der Waals surface area contributed by atoms with Gasteiger partial charge in [0.15, 0.2) is 0 Å². The summed E-state index contributed by atoms with van der Waals surface area (Å²) in [5.41, 5.74) is -1.16. The third-order valence-corrected chi connectivity index (χ3v) is 4.34. The van der Waals surface area contributed by atoms with Gasteiger partial charge in [-0.05, 0) is 13.8 Å². The van der Waals surface area contributed by atoms with Gasteiger partial charge in [-0.15, -0.1) is 0 Å². The molecule has 0 amide bonds. The van der Waals surface area contributed by atoms with Gasteiger partial charge in [-0.1, -0.05) is 5.16 Å². The standard InChI is InChI=1S/C11H11F3N2O4S/c1-6-10(5-20-16-6)21(17,18)15-3-8-7(2)19-4-9(8)11(12,13)14/h4-5,15H,3H2,1-2H3. The molecule has 2 rings (SSSR count). The second kappa shape index (κ2) is 5.19. The quantitative estimate of drug-likeness (QED) is 0.933. The maximum absolute atomic E-state index is 12.8. The maximum Gasteiger partial charge on any atom is 0.419 e. The molecule has 2 aromatic rings. The topological polar surface area (TPSA) is 85.3 Å². The fourth-order valence-corrected chi connectivity index (χ4v) is 2.81. The lowest BCUT2D eigenvalue weighted by Gasteiger charge is -2.09. The number of aryl methyl sites for hydroxylation is 2. The van der Waals surface area contributed by atoms with Crippen LogP contribution in [-0.2, 0) is 22.7 Å². The highest BCUT2D eigenvalue weighted by atomic mass is 32.2. The first-order valence-corrected chi connectivity index (χ1v) is 7.16. The van der Waals surface area contributed by atoms with Crippen molar-refractivity contribution in [2.75, 3.05) is 0 Å². The van der Waals surface area contributed by atoms with Crippen molar-refractivity contribution < 1.29 is 30.5 Å². The first kappa shape index (κ1) is 15.6. The first-order valence-electron chi connectivity index (χ1n) is 5.67. The summed E-state index contributed by atoms with van der Waals surface area (Å²) in [6.07, 6.45) is -3.15. The van der Waals surface area contributed by atoms with E-state index in [1.807, 2.05) is 0 Å². The monoisotopic (exact) mass is 324 g/mol. The zero-order chi connectivity index (χ0) is 15.8. The van der Waals surface area contributed by atoms with Gasteiger partial charge in [-0.25, -0.2) is 13.1 Å². The van der Waals surface area contributed by atoms with Crippen LogP contribution in [0, 0.1) is 13.8 Å². The molecule has 6 nitrogen and oxygen atoms in total. The molecule has 21 heavy (non-hydrogen) atoms. The van der Waals surface area contributed by atoms with E-state index in [0.717, 1.165) is 6.26 Å². The summed E-state index contributed by atoms with van der Waals surface area (Å²) < 4.78 is 73.5. The third kappa shape index (κ3) is 3.10. The largest absolute Gasteiger partial charge is 0.469 e. The number of hydrogen-bond donors (Lipinski definition) is 1. The highest BCUT2D eigenvalue weighted by Crippen LogP contribution is 2.34. The number of nitrogens with zero attached hydrogens (tertiary/aromatic N) is 1. The van der Waals surface area contributed by atoms with E-state index in [0.29, 0.717) is 6.26 Å². The van der Waals surface area contributed by atoms with Crippen LogP contribution in [0.4, 0.5) is 13.2 Å². The Kier molecular flexibility index (Phi) is 3.85. The second-order valence-electron chi connectivity index (χ2n) is 4.27. The minimum atomic E-state index is -4.62. The Morgan fingerprint density at radius 1 is 1.29 bits per heavy atom. The van der Waals surface area contributed by atoms with E-state index >= 15 is 0 Å². The van der Waals surface area contributed by atoms with Crippen molar-refractivity contribution in [3.8, 4) is 0 Å². The molecule has 1 N–H and O–H groups in total. The Balaban J connectivity index is 2.25. The number of hydrogen-bond acceptors (Lipinski definition) is 5. The molecule has 0 saturated carbocycles. The Hall–Kier alpha value is -1.81. The maximum atomic E-state index is 12.8. The van der Waals surface area contributed by atoms with E-state index in [1.165, 1.54) is 13.8 Å². The van der Waals surface area contributed by atoms with Gasteiger partial charge < -0.3 is 8.94 Å². The van der Waals surface area contributed by atoms with Crippen LogP contribution in [0.1, 0.15) is 22.6 Å². The summed E-state index contributed by atoms with van der Waals surface area (Å²) >= 11 is 0. The fourth-order valence-electron chi connectivity index (χ4n) is 1.72. The van der Waals surface area contributed by atoms with Gasteiger partial charge in [-0.2, -0.15) is 13.2 Å². The van der Waals surface area contributed by atoms with Gasteiger partial charge in [0.2, 0.25) is 10.0 Å². The Morgan fingerprint density at radius 3 is 2.48 bits per heavy atom. The molecule has 0 aliphatic heterocycles. The predicted molar refractivity (Wildman–Crippen MR) is 63.7 cm³/mol. The summed E-state index contributed by atoms with van der Waals surface area (Å²) in [5.74, 6) is -0.00735. The number of nitrogens with one attached hydrogen (secondary N) is 1. The molecule has 0 saturated heterocycles. The molecule has 0 bridgehead atoms. The van der Waals surface area contributed by atoms with E-state index in [1.54, 1.807) is 0 Å². The van der Waals surface area contributed by atoms with Crippen LogP contribution in [0.25, 0.3) is 0 Å². The highest BCUT2D eigenvalue weighted by Gasteiger charge is 2.36. The van der Waals surface area contributed by atoms with Crippen LogP contribution >= 0.6 is 0 Å². The Morgan fingerprint density at radius 2 is 1.95 bits per heavy atom. The molecule has 0 fully saturated rings. The van der Waals surface area contributed by atoms with Crippen molar-refractivity contribution in [3.05, 3.63) is 35.1 Å². The second-order valence-corrected chi connectivity index (χ2v) is 6.01. The van der Waals surface area contributed by atoms with Gasteiger partial charge in [0, 0.05) is 12.1 Å². The Bertz CT molecular complexity index is 746. The predicted octanol–water partition coefficient (Wildman–Crippen LogP) is 2.38. The highest BCUT2D eigenvalue weighted by molar-refractivity contribution is 7.89. The normalized spacial score (nSPS) is 12.8. The molecule has 2 heterocycles. The van der Waals surface area contributed by atoms with Crippen LogP contribution in [0.5, 0.6) is 0 Å². The fraction of sp³-hybridized carbons (Fsp3) is 0.364. The summed E-state index contributed by atoms with van der Waals surface area (Å²) in [6.45, 7) is 2.18. The number of rotatable bonds is 4. The minimum Gasteiger partial charge on any atom is -0.469 e. The molecule has 0 unspecified atom stereocenters. The minimum absolute atomic E-state index is 0.00735. The molecule has 2 aromatic heterocycles. The first-order chi connectivity index (χ1) is 9.63. The molecular weight excluding hydrogens is 313 g/mol. The van der Waals surface area contributed by atoms with Crippen molar-refractivity contribution in [1.29, 1.82) is 0 Å². The summed E-state index contributed by atoms with van der Waals surface area (Å²) in [5, 5.41) is 3.41. The lowest BCUT2D eigenvalue weighted by Crippen LogP contribution is -2.25. The van der Waals surface area contributed by atoms with Crippen molar-refractivity contribution in [1.82, 2.24) is 9.88 Å². The third-order valence-electron chi connectivity index (χ3n) is 2.84. The van der Waals surface area contributed by atoms with E-state index < -0.39 is 28.3 Å². The number of halogens is 3. The van der Waals surface area contributed by atoms with Gasteiger partial charge in [0.25, 0.3) is 0 Å². The van der Waals surface area contributed by atoms with Crippen LogP contribution in [0.15, 0.2) is 26.4 Å². The average molecular weight is 324 g/mol. The molecule has 116 valence electrons. The summed E-state index contributed by atoms with van der Waals surface area (Å²) in [6, 6.07) is 0. The summed E-state index contributed by atoms with van der Waals surface area (Å²) in [4.78, 5) is -0.225. The zero-order valence-corrected chi connectivity index (χ0v) is 11.8.